The highest BCUT2D eigenvalue weighted by Crippen LogP contribution is 2.35. The molecule has 0 unspecified atom stereocenters. The van der Waals surface area contributed by atoms with Crippen LogP contribution in [0.3, 0.4) is 0 Å². The van der Waals surface area contributed by atoms with Crippen molar-refractivity contribution in [1.82, 2.24) is 9.55 Å². The molecule has 0 aliphatic rings. The Morgan fingerprint density at radius 2 is 1.80 bits per heavy atom. The number of aryl methyl sites for hydroxylation is 1. The molecule has 0 spiro atoms. The zero-order valence-corrected chi connectivity index (χ0v) is 11.8. The van der Waals surface area contributed by atoms with Crippen LogP contribution in [-0.2, 0) is 7.05 Å². The zero-order valence-electron chi connectivity index (χ0n) is 11.0. The van der Waals surface area contributed by atoms with Crippen LogP contribution in [-0.4, -0.2) is 9.55 Å². The second-order valence-electron chi connectivity index (χ2n) is 5.03. The topological polar surface area (TPSA) is 20.7 Å². The highest BCUT2D eigenvalue weighted by atomic mass is 35.5. The van der Waals surface area contributed by atoms with E-state index in [1.807, 2.05) is 18.5 Å². The predicted molar refractivity (Wildman–Crippen MR) is 85.2 cm³/mol. The van der Waals surface area contributed by atoms with Crippen molar-refractivity contribution in [2.75, 3.05) is 0 Å². The molecule has 98 valence electrons. The van der Waals surface area contributed by atoms with Crippen LogP contribution in [0.15, 0.2) is 54.9 Å². The van der Waals surface area contributed by atoms with Gasteiger partial charge in [0.15, 0.2) is 0 Å². The molecule has 0 aliphatic carbocycles. The van der Waals surface area contributed by atoms with Gasteiger partial charge in [-0.25, -0.2) is 0 Å². The lowest BCUT2D eigenvalue weighted by molar-refractivity contribution is 0.980. The lowest BCUT2D eigenvalue weighted by Gasteiger charge is -2.07. The normalized spacial score (nSPS) is 11.5. The minimum atomic E-state index is 0.781. The Morgan fingerprint density at radius 3 is 2.65 bits per heavy atom. The predicted octanol–water partition coefficient (Wildman–Crippen LogP) is 4.98. The zero-order chi connectivity index (χ0) is 13.7. The molecular weight excluding hydrogens is 268 g/mol. The minimum absolute atomic E-state index is 0.781. The molecule has 0 amide bonds. The van der Waals surface area contributed by atoms with E-state index >= 15 is 0 Å². The fourth-order valence-corrected chi connectivity index (χ4v) is 3.11. The molecular formula is C17H13ClN2. The second kappa shape index (κ2) is 4.15. The van der Waals surface area contributed by atoms with E-state index in [2.05, 4.69) is 53.0 Å². The number of nitrogens with zero attached hydrogens (tertiary/aromatic N) is 1. The van der Waals surface area contributed by atoms with Gasteiger partial charge in [-0.3, -0.25) is 0 Å². The Labute approximate surface area is 121 Å². The summed E-state index contributed by atoms with van der Waals surface area (Å²) in [6, 6.07) is 14.7. The van der Waals surface area contributed by atoms with Gasteiger partial charge < -0.3 is 9.55 Å². The summed E-state index contributed by atoms with van der Waals surface area (Å²) in [6.45, 7) is 0. The molecule has 1 N–H and O–H groups in total. The Bertz CT molecular complexity index is 931. The van der Waals surface area contributed by atoms with E-state index in [-0.39, 0.29) is 0 Å². The highest BCUT2D eigenvalue weighted by Gasteiger charge is 2.12. The van der Waals surface area contributed by atoms with E-state index in [0.29, 0.717) is 0 Å². The number of aromatic nitrogens is 2. The van der Waals surface area contributed by atoms with Gasteiger partial charge in [0, 0.05) is 57.4 Å². The number of aromatic amines is 1. The van der Waals surface area contributed by atoms with Crippen molar-refractivity contribution in [3.05, 3.63) is 59.9 Å². The summed E-state index contributed by atoms with van der Waals surface area (Å²) >= 11 is 6.25. The van der Waals surface area contributed by atoms with E-state index in [9.17, 15) is 0 Å². The Hall–Kier alpha value is -2.19. The number of rotatable bonds is 1. The van der Waals surface area contributed by atoms with E-state index in [1.54, 1.807) is 0 Å². The van der Waals surface area contributed by atoms with Crippen molar-refractivity contribution >= 4 is 33.3 Å². The van der Waals surface area contributed by atoms with Crippen molar-refractivity contribution in [1.29, 1.82) is 0 Å². The highest BCUT2D eigenvalue weighted by molar-refractivity contribution is 6.36. The third-order valence-corrected chi connectivity index (χ3v) is 4.25. The maximum absolute atomic E-state index is 6.25. The van der Waals surface area contributed by atoms with Crippen LogP contribution in [0.1, 0.15) is 0 Å². The molecule has 0 saturated heterocycles. The third kappa shape index (κ3) is 1.52. The second-order valence-corrected chi connectivity index (χ2v) is 5.43. The summed E-state index contributed by atoms with van der Waals surface area (Å²) in [7, 11) is 2.10. The lowest BCUT2D eigenvalue weighted by Crippen LogP contribution is -1.91. The molecule has 4 aromatic rings. The number of hydrogen-bond donors (Lipinski definition) is 1. The maximum Gasteiger partial charge on any atom is 0.0500 e. The molecule has 0 aliphatic heterocycles. The smallest absolute Gasteiger partial charge is 0.0500 e. The van der Waals surface area contributed by atoms with Gasteiger partial charge >= 0.3 is 0 Å². The number of hydrogen-bond acceptors (Lipinski definition) is 0. The first-order valence-corrected chi connectivity index (χ1v) is 6.93. The van der Waals surface area contributed by atoms with Crippen LogP contribution in [0.25, 0.3) is 32.9 Å². The number of halogens is 1. The van der Waals surface area contributed by atoms with Crippen LogP contribution in [0, 0.1) is 0 Å². The summed E-state index contributed by atoms with van der Waals surface area (Å²) in [5, 5.41) is 4.25. The van der Waals surface area contributed by atoms with E-state index < -0.39 is 0 Å². The molecule has 0 fully saturated rings. The number of fused-ring (bicyclic) bond motifs is 2. The Kier molecular flexibility index (Phi) is 2.41. The molecule has 3 heteroatoms. The summed E-state index contributed by atoms with van der Waals surface area (Å²) < 4.78 is 2.23. The van der Waals surface area contributed by atoms with Gasteiger partial charge in [-0.05, 0) is 18.2 Å². The first-order chi connectivity index (χ1) is 9.75. The molecule has 2 aromatic heterocycles. The van der Waals surface area contributed by atoms with Gasteiger partial charge in [-0.2, -0.15) is 0 Å². The summed E-state index contributed by atoms with van der Waals surface area (Å²) in [4.78, 5) is 3.15. The van der Waals surface area contributed by atoms with Gasteiger partial charge in [0.2, 0.25) is 0 Å². The number of para-hydroxylation sites is 1. The molecule has 0 bridgehead atoms. The largest absolute Gasteiger partial charge is 0.366 e. The first-order valence-electron chi connectivity index (χ1n) is 6.55. The van der Waals surface area contributed by atoms with Gasteiger partial charge in [0.05, 0.1) is 0 Å². The Morgan fingerprint density at radius 1 is 1.00 bits per heavy atom. The summed E-state index contributed by atoms with van der Waals surface area (Å²) in [6.07, 6.45) is 3.96. The standard InChI is InChI=1S/C17H13ClN2/c1-20-16-5-3-2-4-11(16)8-17(20)12-6-7-15(18)14-10-19-9-13(12)14/h2-10,19H,1H3. The van der Waals surface area contributed by atoms with Crippen molar-refractivity contribution in [2.24, 2.45) is 7.05 Å². The van der Waals surface area contributed by atoms with Crippen molar-refractivity contribution in [3.63, 3.8) is 0 Å². The van der Waals surface area contributed by atoms with E-state index in [4.69, 9.17) is 11.6 Å². The first kappa shape index (κ1) is 11.6. The molecule has 2 heterocycles. The van der Waals surface area contributed by atoms with Gasteiger partial charge in [0.1, 0.15) is 0 Å². The Balaban J connectivity index is 2.09. The quantitative estimate of drug-likeness (QED) is 0.508. The average molecular weight is 281 g/mol. The number of benzene rings is 2. The van der Waals surface area contributed by atoms with Crippen LogP contribution < -0.4 is 0 Å². The monoisotopic (exact) mass is 280 g/mol. The van der Waals surface area contributed by atoms with Crippen molar-refractivity contribution in [3.8, 4) is 11.3 Å². The van der Waals surface area contributed by atoms with Gasteiger partial charge in [0.25, 0.3) is 0 Å². The molecule has 0 radical (unpaired) electrons. The lowest BCUT2D eigenvalue weighted by atomic mass is 10.1. The number of nitrogens with one attached hydrogen (secondary N) is 1. The molecule has 2 nitrogen and oxygen atoms in total. The molecule has 0 atom stereocenters. The van der Waals surface area contributed by atoms with Crippen molar-refractivity contribution < 1.29 is 0 Å². The number of H-pyrrole nitrogens is 1. The third-order valence-electron chi connectivity index (χ3n) is 3.92. The van der Waals surface area contributed by atoms with Crippen LogP contribution in [0.2, 0.25) is 5.02 Å². The van der Waals surface area contributed by atoms with Crippen LogP contribution in [0.4, 0.5) is 0 Å². The van der Waals surface area contributed by atoms with E-state index in [0.717, 1.165) is 15.8 Å². The fourth-order valence-electron chi connectivity index (χ4n) is 2.89. The average Bonchev–Trinajstić information content (AvgIpc) is 3.06. The SMILES string of the molecule is Cn1c(-c2ccc(Cl)c3c[nH]cc23)cc2ccccc21. The van der Waals surface area contributed by atoms with E-state index in [1.165, 1.54) is 22.2 Å². The van der Waals surface area contributed by atoms with Crippen LogP contribution in [0.5, 0.6) is 0 Å². The van der Waals surface area contributed by atoms with Crippen molar-refractivity contribution in [2.45, 2.75) is 0 Å². The van der Waals surface area contributed by atoms with Gasteiger partial charge in [-0.15, -0.1) is 0 Å². The summed E-state index contributed by atoms with van der Waals surface area (Å²) in [5.74, 6) is 0. The molecule has 2 aromatic carbocycles. The minimum Gasteiger partial charge on any atom is -0.366 e. The molecule has 4 rings (SSSR count). The molecule has 0 saturated carbocycles. The fraction of sp³-hybridized carbons (Fsp3) is 0.0588. The van der Waals surface area contributed by atoms with Crippen LogP contribution >= 0.6 is 11.6 Å². The summed E-state index contributed by atoms with van der Waals surface area (Å²) in [5.41, 5.74) is 3.64. The maximum atomic E-state index is 6.25. The van der Waals surface area contributed by atoms with Gasteiger partial charge in [-0.1, -0.05) is 35.9 Å². The molecule has 20 heavy (non-hydrogen) atoms.